The van der Waals surface area contributed by atoms with Crippen LogP contribution in [0.25, 0.3) is 11.3 Å². The lowest BCUT2D eigenvalue weighted by Crippen LogP contribution is -2.47. The maximum absolute atomic E-state index is 11.5. The molecule has 3 aliphatic rings. The average Bonchev–Trinajstić information content (AvgIpc) is 3.74. The summed E-state index contributed by atoms with van der Waals surface area (Å²) in [6, 6.07) is 9.74. The van der Waals surface area contributed by atoms with Gasteiger partial charge in [-0.3, -0.25) is 19.4 Å². The number of rotatable bonds is 10. The first-order valence-electron chi connectivity index (χ1n) is 15.7. The van der Waals surface area contributed by atoms with E-state index < -0.39 is 0 Å². The van der Waals surface area contributed by atoms with Crippen molar-refractivity contribution < 1.29 is 19.1 Å². The van der Waals surface area contributed by atoms with E-state index in [0.29, 0.717) is 64.2 Å². The Hall–Kier alpha value is -3.51. The van der Waals surface area contributed by atoms with Crippen LogP contribution in [0.3, 0.4) is 0 Å². The zero-order chi connectivity index (χ0) is 32.2. The molecule has 3 fully saturated rings. The number of hydrogen-bond acceptors (Lipinski definition) is 10. The number of carbonyl (C=O) groups excluding carboxylic acids is 2. The molecule has 3 aromatic rings. The first kappa shape index (κ1) is 32.4. The molecule has 46 heavy (non-hydrogen) atoms. The summed E-state index contributed by atoms with van der Waals surface area (Å²) in [4.78, 5) is 43.8. The number of pyridine rings is 1. The molecule has 2 aliphatic heterocycles. The van der Waals surface area contributed by atoms with Crippen LogP contribution in [0.5, 0.6) is 11.6 Å². The fourth-order valence-corrected chi connectivity index (χ4v) is 7.12. The van der Waals surface area contributed by atoms with Crippen molar-refractivity contribution in [3.63, 3.8) is 0 Å². The Morgan fingerprint density at radius 2 is 1.59 bits per heavy atom. The van der Waals surface area contributed by atoms with Gasteiger partial charge in [-0.05, 0) is 67.6 Å². The topological polar surface area (TPSA) is 113 Å². The van der Waals surface area contributed by atoms with E-state index in [1.807, 2.05) is 18.2 Å². The van der Waals surface area contributed by atoms with Crippen LogP contribution in [0.15, 0.2) is 42.7 Å². The van der Waals surface area contributed by atoms with Crippen LogP contribution >= 0.6 is 23.2 Å². The molecule has 4 heterocycles. The number of carbonyl (C=O) groups is 2. The summed E-state index contributed by atoms with van der Waals surface area (Å²) < 4.78 is 11.0. The number of amides is 1. The van der Waals surface area contributed by atoms with Gasteiger partial charge in [-0.25, -0.2) is 15.0 Å². The van der Waals surface area contributed by atoms with Gasteiger partial charge in [0.25, 0.3) is 0 Å². The van der Waals surface area contributed by atoms with Crippen LogP contribution in [0.1, 0.15) is 31.7 Å². The number of methoxy groups -OCH3 is 1. The molecule has 1 aliphatic carbocycles. The van der Waals surface area contributed by atoms with Gasteiger partial charge in [0.15, 0.2) is 5.75 Å². The van der Waals surface area contributed by atoms with Gasteiger partial charge in [-0.15, -0.1) is 0 Å². The minimum Gasteiger partial charge on any atom is -0.469 e. The Morgan fingerprint density at radius 3 is 2.22 bits per heavy atom. The molecule has 0 bridgehead atoms. The standard InChI is InChI=1S/C33H39Cl2N7O4/c1-21(43)38-32-27-3-6-41(7-4-28(27)32)20-22-13-29(23-15-24(34)17-25(35)16-23)39-30(14-22)46-26-18-36-33(37-19-26)42-11-9-40(10-12-42)8-5-31(44)45-2/h13-19,27-28,32H,3-12,20H2,1-2H3,(H,38,43)/t27-,28+,32?. The molecule has 2 saturated heterocycles. The normalized spacial score (nSPS) is 21.7. The van der Waals surface area contributed by atoms with Crippen molar-refractivity contribution in [2.24, 2.45) is 11.8 Å². The number of anilines is 1. The Bertz CT molecular complexity index is 1520. The van der Waals surface area contributed by atoms with Crippen molar-refractivity contribution in [3.05, 3.63) is 58.3 Å². The van der Waals surface area contributed by atoms with Gasteiger partial charge >= 0.3 is 5.97 Å². The lowest BCUT2D eigenvalue weighted by Gasteiger charge is -2.34. The fourth-order valence-electron chi connectivity index (χ4n) is 6.59. The highest BCUT2D eigenvalue weighted by atomic mass is 35.5. The van der Waals surface area contributed by atoms with Crippen molar-refractivity contribution in [1.82, 2.24) is 30.1 Å². The summed E-state index contributed by atoms with van der Waals surface area (Å²) in [6.45, 7) is 8.11. The van der Waals surface area contributed by atoms with Crippen LogP contribution in [-0.4, -0.2) is 95.6 Å². The summed E-state index contributed by atoms with van der Waals surface area (Å²) in [5.74, 6) is 2.54. The predicted octanol–water partition coefficient (Wildman–Crippen LogP) is 4.67. The van der Waals surface area contributed by atoms with Crippen molar-refractivity contribution in [3.8, 4) is 22.9 Å². The quantitative estimate of drug-likeness (QED) is 0.306. The molecule has 1 amide bonds. The second-order valence-electron chi connectivity index (χ2n) is 12.2. The highest BCUT2D eigenvalue weighted by Crippen LogP contribution is 2.46. The Labute approximate surface area is 279 Å². The smallest absolute Gasteiger partial charge is 0.306 e. The third kappa shape index (κ3) is 8.25. The highest BCUT2D eigenvalue weighted by molar-refractivity contribution is 6.35. The van der Waals surface area contributed by atoms with Crippen LogP contribution in [0.2, 0.25) is 10.0 Å². The molecule has 2 aromatic heterocycles. The lowest BCUT2D eigenvalue weighted by molar-refractivity contribution is -0.141. The van der Waals surface area contributed by atoms with Gasteiger partial charge in [0.05, 0.1) is 31.6 Å². The first-order valence-corrected chi connectivity index (χ1v) is 16.5. The molecule has 3 atom stereocenters. The van der Waals surface area contributed by atoms with E-state index in [0.717, 1.165) is 69.8 Å². The second kappa shape index (κ2) is 14.5. The van der Waals surface area contributed by atoms with Gasteiger partial charge in [-0.2, -0.15) is 0 Å². The third-order valence-corrected chi connectivity index (χ3v) is 9.47. The lowest BCUT2D eigenvalue weighted by atomic mass is 10.1. The van der Waals surface area contributed by atoms with E-state index in [4.69, 9.17) is 37.7 Å². The number of nitrogens with one attached hydrogen (secondary N) is 1. The number of ether oxygens (including phenoxy) is 2. The number of nitrogens with zero attached hydrogens (tertiary/aromatic N) is 6. The van der Waals surface area contributed by atoms with E-state index in [1.54, 1.807) is 25.4 Å². The summed E-state index contributed by atoms with van der Waals surface area (Å²) in [5, 5.41) is 4.18. The van der Waals surface area contributed by atoms with Crippen LogP contribution < -0.4 is 15.0 Å². The molecule has 1 saturated carbocycles. The molecule has 244 valence electrons. The SMILES string of the molecule is COC(=O)CCN1CCN(c2ncc(Oc3cc(CN4CC[C@@H]5C(NC(C)=O)[C@@H]5CC4)cc(-c4cc(Cl)cc(Cl)c4)n3)cn2)CC1. The van der Waals surface area contributed by atoms with Crippen molar-refractivity contribution in [2.75, 3.05) is 57.8 Å². The van der Waals surface area contributed by atoms with Gasteiger partial charge in [0.2, 0.25) is 17.7 Å². The highest BCUT2D eigenvalue weighted by Gasteiger charge is 2.50. The number of fused-ring (bicyclic) bond motifs is 1. The number of halogens is 2. The monoisotopic (exact) mass is 667 g/mol. The minimum absolute atomic E-state index is 0.0554. The van der Waals surface area contributed by atoms with Gasteiger partial charge in [0.1, 0.15) is 0 Å². The molecule has 1 unspecified atom stereocenters. The van der Waals surface area contributed by atoms with Gasteiger partial charge in [0, 0.05) is 73.9 Å². The zero-order valence-corrected chi connectivity index (χ0v) is 27.6. The molecule has 0 spiro atoms. The van der Waals surface area contributed by atoms with Crippen LogP contribution in [0.4, 0.5) is 5.95 Å². The number of benzene rings is 1. The molecule has 11 nitrogen and oxygen atoms in total. The van der Waals surface area contributed by atoms with E-state index in [1.165, 1.54) is 7.11 Å². The van der Waals surface area contributed by atoms with E-state index in [-0.39, 0.29) is 11.9 Å². The van der Waals surface area contributed by atoms with E-state index in [2.05, 4.69) is 36.1 Å². The van der Waals surface area contributed by atoms with Crippen molar-refractivity contribution in [2.45, 2.75) is 38.8 Å². The Morgan fingerprint density at radius 1 is 0.913 bits per heavy atom. The van der Waals surface area contributed by atoms with Crippen molar-refractivity contribution >= 4 is 41.0 Å². The molecule has 1 aromatic carbocycles. The molecular formula is C33H39Cl2N7O4. The predicted molar refractivity (Wildman–Crippen MR) is 176 cm³/mol. The first-order chi connectivity index (χ1) is 22.2. The summed E-state index contributed by atoms with van der Waals surface area (Å²) in [6.07, 6.45) is 5.85. The molecular weight excluding hydrogens is 629 g/mol. The van der Waals surface area contributed by atoms with E-state index in [9.17, 15) is 9.59 Å². The number of esters is 1. The van der Waals surface area contributed by atoms with Crippen LogP contribution in [0, 0.1) is 11.8 Å². The Kier molecular flexibility index (Phi) is 10.2. The maximum Gasteiger partial charge on any atom is 0.306 e. The largest absolute Gasteiger partial charge is 0.469 e. The molecule has 0 radical (unpaired) electrons. The minimum atomic E-state index is -0.193. The summed E-state index contributed by atoms with van der Waals surface area (Å²) >= 11 is 12.7. The average molecular weight is 669 g/mol. The van der Waals surface area contributed by atoms with E-state index >= 15 is 0 Å². The molecule has 1 N–H and O–H groups in total. The fraction of sp³-hybridized carbons (Fsp3) is 0.485. The van der Waals surface area contributed by atoms with Crippen LogP contribution in [-0.2, 0) is 20.9 Å². The number of piperazine rings is 1. The number of hydrogen-bond donors (Lipinski definition) is 1. The number of aromatic nitrogens is 3. The summed E-state index contributed by atoms with van der Waals surface area (Å²) in [5.41, 5.74) is 2.58. The number of likely N-dealkylation sites (tertiary alicyclic amines) is 1. The summed E-state index contributed by atoms with van der Waals surface area (Å²) in [7, 11) is 1.41. The Balaban J connectivity index is 1.13. The second-order valence-corrected chi connectivity index (χ2v) is 13.1. The third-order valence-electron chi connectivity index (χ3n) is 9.04. The zero-order valence-electron chi connectivity index (χ0n) is 26.1. The van der Waals surface area contributed by atoms with Gasteiger partial charge in [-0.1, -0.05) is 23.2 Å². The van der Waals surface area contributed by atoms with Gasteiger partial charge < -0.3 is 19.7 Å². The molecule has 6 rings (SSSR count). The molecule has 13 heteroatoms. The van der Waals surface area contributed by atoms with Crippen molar-refractivity contribution in [1.29, 1.82) is 0 Å². The maximum atomic E-state index is 11.5.